The Bertz CT molecular complexity index is 237. The number of nitrogens with zero attached hydrogens (tertiary/aromatic N) is 2. The van der Waals surface area contributed by atoms with Crippen molar-refractivity contribution in [2.45, 2.75) is 4.90 Å². The lowest BCUT2D eigenvalue weighted by atomic mass is 10.6. The molecule has 0 aliphatic heterocycles. The topological polar surface area (TPSA) is 63.8 Å². The van der Waals surface area contributed by atoms with Crippen molar-refractivity contribution >= 4 is 24.4 Å². The van der Waals surface area contributed by atoms with Crippen molar-refractivity contribution in [1.29, 1.82) is 0 Å². The lowest BCUT2D eigenvalue weighted by Gasteiger charge is -2.01. The van der Waals surface area contributed by atoms with Gasteiger partial charge in [-0.3, -0.25) is 0 Å². The highest BCUT2D eigenvalue weighted by molar-refractivity contribution is 7.80. The Labute approximate surface area is 64.3 Å². The molecule has 0 radical (unpaired) electrons. The fraction of sp³-hybridized carbons (Fsp3) is 0.200. The molecule has 0 fully saturated rings. The minimum atomic E-state index is 0.252. The molecule has 3 N–H and O–H groups in total. The Balaban J connectivity index is 3.09. The first-order valence-corrected chi connectivity index (χ1v) is 3.18. The molecule has 10 heavy (non-hydrogen) atoms. The van der Waals surface area contributed by atoms with Gasteiger partial charge in [0.2, 0.25) is 5.95 Å². The van der Waals surface area contributed by atoms with E-state index >= 15 is 0 Å². The Morgan fingerprint density at radius 1 is 1.70 bits per heavy atom. The molecule has 0 spiro atoms. The van der Waals surface area contributed by atoms with E-state index in [0.717, 1.165) is 0 Å². The van der Waals surface area contributed by atoms with Crippen molar-refractivity contribution in [1.82, 2.24) is 9.97 Å². The van der Waals surface area contributed by atoms with Crippen LogP contribution in [0.25, 0.3) is 0 Å². The van der Waals surface area contributed by atoms with Crippen LogP contribution in [-0.2, 0) is 0 Å². The largest absolute Gasteiger partial charge is 0.372 e. The van der Waals surface area contributed by atoms with Crippen LogP contribution in [0.2, 0.25) is 0 Å². The van der Waals surface area contributed by atoms with Gasteiger partial charge in [0.1, 0.15) is 5.82 Å². The minimum absolute atomic E-state index is 0.252. The molecule has 1 aromatic heterocycles. The summed E-state index contributed by atoms with van der Waals surface area (Å²) in [4.78, 5) is 8.30. The molecule has 1 rings (SSSR count). The molecule has 0 aliphatic rings. The second-order valence-corrected chi connectivity index (χ2v) is 2.19. The van der Waals surface area contributed by atoms with Crippen LogP contribution in [0.1, 0.15) is 0 Å². The molecule has 0 saturated heterocycles. The number of nitrogens with two attached hydrogens (primary N) is 1. The van der Waals surface area contributed by atoms with Gasteiger partial charge in [0, 0.05) is 13.2 Å². The van der Waals surface area contributed by atoms with Gasteiger partial charge in [-0.1, -0.05) is 0 Å². The molecule has 4 nitrogen and oxygen atoms in total. The van der Waals surface area contributed by atoms with E-state index in [1.165, 1.54) is 0 Å². The second-order valence-electron chi connectivity index (χ2n) is 1.71. The number of anilines is 2. The molecule has 0 amide bonds. The fourth-order valence-corrected chi connectivity index (χ4v) is 0.793. The molecule has 0 aliphatic carbocycles. The van der Waals surface area contributed by atoms with Crippen LogP contribution in [0, 0.1) is 0 Å². The highest BCUT2D eigenvalue weighted by atomic mass is 32.1. The molecule has 5 heteroatoms. The standard InChI is InChI=1S/C5H8N4S/c1-7-4-3(10)2-8-5(6)9-4/h2,10H,1H3,(H3,6,7,8,9). The van der Waals surface area contributed by atoms with Gasteiger partial charge < -0.3 is 11.1 Å². The number of hydrogen-bond acceptors (Lipinski definition) is 5. The van der Waals surface area contributed by atoms with Crippen molar-refractivity contribution in [3.05, 3.63) is 6.20 Å². The first-order valence-electron chi connectivity index (χ1n) is 2.73. The highest BCUT2D eigenvalue weighted by Crippen LogP contribution is 2.14. The normalized spacial score (nSPS) is 9.40. The molecule has 54 valence electrons. The van der Waals surface area contributed by atoms with Gasteiger partial charge in [-0.25, -0.2) is 4.98 Å². The minimum Gasteiger partial charge on any atom is -0.372 e. The Morgan fingerprint density at radius 2 is 2.40 bits per heavy atom. The maximum absolute atomic E-state index is 5.31. The summed E-state index contributed by atoms with van der Waals surface area (Å²) in [6.07, 6.45) is 1.55. The summed E-state index contributed by atoms with van der Waals surface area (Å²) < 4.78 is 0. The van der Waals surface area contributed by atoms with Crippen molar-refractivity contribution in [2.75, 3.05) is 18.1 Å². The number of thiol groups is 1. The third kappa shape index (κ3) is 1.30. The average Bonchev–Trinajstić information content (AvgIpc) is 1.94. The molecule has 0 bridgehead atoms. The van der Waals surface area contributed by atoms with Gasteiger partial charge in [-0.15, -0.1) is 12.6 Å². The van der Waals surface area contributed by atoms with Gasteiger partial charge in [0.05, 0.1) is 4.90 Å². The molecular formula is C5H8N4S. The zero-order valence-corrected chi connectivity index (χ0v) is 6.39. The Kier molecular flexibility index (Phi) is 1.96. The number of hydrogen-bond donors (Lipinski definition) is 3. The van der Waals surface area contributed by atoms with Crippen LogP contribution >= 0.6 is 12.6 Å². The van der Waals surface area contributed by atoms with E-state index in [-0.39, 0.29) is 5.95 Å². The van der Waals surface area contributed by atoms with E-state index in [1.54, 1.807) is 13.2 Å². The monoisotopic (exact) mass is 156 g/mol. The van der Waals surface area contributed by atoms with Gasteiger partial charge >= 0.3 is 0 Å². The van der Waals surface area contributed by atoms with Gasteiger partial charge in [-0.05, 0) is 0 Å². The van der Waals surface area contributed by atoms with Crippen LogP contribution in [0.4, 0.5) is 11.8 Å². The highest BCUT2D eigenvalue weighted by Gasteiger charge is 1.97. The molecule has 1 heterocycles. The number of aromatic nitrogens is 2. The van der Waals surface area contributed by atoms with Gasteiger partial charge in [0.15, 0.2) is 0 Å². The zero-order chi connectivity index (χ0) is 7.56. The summed E-state index contributed by atoms with van der Waals surface area (Å²) >= 11 is 4.08. The summed E-state index contributed by atoms with van der Waals surface area (Å²) in [6, 6.07) is 0. The van der Waals surface area contributed by atoms with Gasteiger partial charge in [0.25, 0.3) is 0 Å². The fourth-order valence-electron chi connectivity index (χ4n) is 0.573. The number of nitrogens with one attached hydrogen (secondary N) is 1. The van der Waals surface area contributed by atoms with Crippen LogP contribution in [0.15, 0.2) is 11.1 Å². The van der Waals surface area contributed by atoms with Gasteiger partial charge in [-0.2, -0.15) is 4.98 Å². The predicted molar refractivity (Wildman–Crippen MR) is 43.2 cm³/mol. The molecule has 0 atom stereocenters. The first kappa shape index (κ1) is 7.14. The lowest BCUT2D eigenvalue weighted by molar-refractivity contribution is 1.11. The SMILES string of the molecule is CNc1nc(N)ncc1S. The van der Waals surface area contributed by atoms with Crippen LogP contribution in [0.3, 0.4) is 0 Å². The smallest absolute Gasteiger partial charge is 0.221 e. The Hall–Kier alpha value is -0.970. The Morgan fingerprint density at radius 3 is 2.90 bits per heavy atom. The molecule has 0 saturated carbocycles. The first-order chi connectivity index (χ1) is 4.74. The third-order valence-corrected chi connectivity index (χ3v) is 1.35. The third-order valence-electron chi connectivity index (χ3n) is 1.02. The van der Waals surface area contributed by atoms with Crippen LogP contribution in [-0.4, -0.2) is 17.0 Å². The van der Waals surface area contributed by atoms with Crippen molar-refractivity contribution in [2.24, 2.45) is 0 Å². The maximum Gasteiger partial charge on any atom is 0.221 e. The lowest BCUT2D eigenvalue weighted by Crippen LogP contribution is -1.99. The predicted octanol–water partition coefficient (Wildman–Crippen LogP) is 0.389. The van der Waals surface area contributed by atoms with E-state index in [0.29, 0.717) is 10.7 Å². The summed E-state index contributed by atoms with van der Waals surface area (Å²) in [5.41, 5.74) is 5.31. The average molecular weight is 156 g/mol. The van der Waals surface area contributed by atoms with E-state index < -0.39 is 0 Å². The zero-order valence-electron chi connectivity index (χ0n) is 5.50. The quantitative estimate of drug-likeness (QED) is 0.515. The van der Waals surface area contributed by atoms with E-state index in [1.807, 2.05) is 0 Å². The second kappa shape index (κ2) is 2.74. The number of nitrogen functional groups attached to an aromatic ring is 1. The summed E-state index contributed by atoms with van der Waals surface area (Å²) in [7, 11) is 1.75. The van der Waals surface area contributed by atoms with E-state index in [9.17, 15) is 0 Å². The summed E-state index contributed by atoms with van der Waals surface area (Å²) in [5.74, 6) is 0.901. The van der Waals surface area contributed by atoms with Crippen molar-refractivity contribution in [3.63, 3.8) is 0 Å². The van der Waals surface area contributed by atoms with E-state index in [4.69, 9.17) is 5.73 Å². The van der Waals surface area contributed by atoms with Crippen molar-refractivity contribution < 1.29 is 0 Å². The molecule has 1 aromatic rings. The van der Waals surface area contributed by atoms with Crippen LogP contribution < -0.4 is 11.1 Å². The summed E-state index contributed by atoms with van der Waals surface area (Å²) in [5, 5.41) is 2.83. The molecule has 0 aromatic carbocycles. The van der Waals surface area contributed by atoms with Crippen LogP contribution in [0.5, 0.6) is 0 Å². The van der Waals surface area contributed by atoms with E-state index in [2.05, 4.69) is 27.9 Å². The summed E-state index contributed by atoms with van der Waals surface area (Å²) in [6.45, 7) is 0. The maximum atomic E-state index is 5.31. The number of rotatable bonds is 1. The van der Waals surface area contributed by atoms with Crippen molar-refractivity contribution in [3.8, 4) is 0 Å². The molecule has 0 unspecified atom stereocenters. The molecular weight excluding hydrogens is 148 g/mol.